The van der Waals surface area contributed by atoms with Crippen molar-refractivity contribution in [3.05, 3.63) is 17.5 Å². The van der Waals surface area contributed by atoms with Gasteiger partial charge >= 0.3 is 12.1 Å². The predicted octanol–water partition coefficient (Wildman–Crippen LogP) is 2.80. The van der Waals surface area contributed by atoms with Crippen LogP contribution in [0.2, 0.25) is 0 Å². The molecule has 8 heteroatoms. The van der Waals surface area contributed by atoms with E-state index in [9.17, 15) is 18.0 Å². The van der Waals surface area contributed by atoms with Crippen molar-refractivity contribution in [3.8, 4) is 0 Å². The Morgan fingerprint density at radius 3 is 2.50 bits per heavy atom. The number of alkyl halides is 3. The molecule has 0 aliphatic heterocycles. The fourth-order valence-electron chi connectivity index (χ4n) is 1.07. The van der Waals surface area contributed by atoms with E-state index in [1.54, 1.807) is 13.8 Å². The smallest absolute Gasteiger partial charge is 0.433 e. The van der Waals surface area contributed by atoms with Crippen LogP contribution in [0, 0.1) is 0 Å². The molecule has 0 radical (unpaired) electrons. The minimum atomic E-state index is -4.56. The van der Waals surface area contributed by atoms with Crippen LogP contribution in [-0.4, -0.2) is 26.8 Å². The second-order valence-corrected chi connectivity index (χ2v) is 4.74. The quantitative estimate of drug-likeness (QED) is 0.678. The molecule has 0 atom stereocenters. The summed E-state index contributed by atoms with van der Waals surface area (Å²) in [6.45, 7) is 3.41. The number of thioether (sulfide) groups is 1. The molecule has 1 heterocycles. The van der Waals surface area contributed by atoms with Gasteiger partial charge in [-0.25, -0.2) is 9.97 Å². The molecule has 1 N–H and O–H groups in total. The monoisotopic (exact) mass is 280 g/mol. The van der Waals surface area contributed by atoms with E-state index >= 15 is 0 Å². The molecule has 18 heavy (non-hydrogen) atoms. The molecule has 0 fully saturated rings. The van der Waals surface area contributed by atoms with E-state index in [2.05, 4.69) is 9.97 Å². The number of halogens is 3. The van der Waals surface area contributed by atoms with Crippen molar-refractivity contribution in [2.75, 3.05) is 5.75 Å². The van der Waals surface area contributed by atoms with Crippen molar-refractivity contribution in [1.82, 2.24) is 9.97 Å². The zero-order chi connectivity index (χ0) is 13.9. The van der Waals surface area contributed by atoms with Gasteiger partial charge in [0.25, 0.3) is 0 Å². The summed E-state index contributed by atoms with van der Waals surface area (Å²) in [6.07, 6.45) is -4.56. The number of hydrogen-bond acceptors (Lipinski definition) is 4. The highest BCUT2D eigenvalue weighted by Crippen LogP contribution is 2.30. The van der Waals surface area contributed by atoms with E-state index < -0.39 is 17.8 Å². The summed E-state index contributed by atoms with van der Waals surface area (Å²) in [4.78, 5) is 17.6. The Balaban J connectivity index is 3.10. The minimum absolute atomic E-state index is 0.170. The molecule has 1 rings (SSSR count). The van der Waals surface area contributed by atoms with E-state index in [4.69, 9.17) is 5.11 Å². The number of carboxylic acids is 1. The van der Waals surface area contributed by atoms with Gasteiger partial charge in [0.05, 0.1) is 5.75 Å². The number of rotatable bonds is 4. The van der Waals surface area contributed by atoms with Crippen molar-refractivity contribution >= 4 is 17.7 Å². The van der Waals surface area contributed by atoms with E-state index in [0.717, 1.165) is 6.07 Å². The first kappa shape index (κ1) is 14.7. The maximum Gasteiger partial charge on any atom is 0.433 e. The lowest BCUT2D eigenvalue weighted by Crippen LogP contribution is -2.12. The highest BCUT2D eigenvalue weighted by Gasteiger charge is 2.34. The highest BCUT2D eigenvalue weighted by molar-refractivity contribution is 7.99. The lowest BCUT2D eigenvalue weighted by Gasteiger charge is -2.11. The fourth-order valence-corrected chi connectivity index (χ4v) is 1.66. The summed E-state index contributed by atoms with van der Waals surface area (Å²) in [7, 11) is 0. The molecule has 0 bridgehead atoms. The van der Waals surface area contributed by atoms with Crippen LogP contribution in [0.5, 0.6) is 0 Å². The molecule has 0 unspecified atom stereocenters. The topological polar surface area (TPSA) is 63.1 Å². The molecule has 0 aliphatic carbocycles. The van der Waals surface area contributed by atoms with Gasteiger partial charge in [-0.2, -0.15) is 13.2 Å². The Morgan fingerprint density at radius 2 is 2.06 bits per heavy atom. The third-order valence-electron chi connectivity index (χ3n) is 1.93. The van der Waals surface area contributed by atoms with Crippen LogP contribution in [0.15, 0.2) is 11.2 Å². The molecule has 0 spiro atoms. The SMILES string of the molecule is CC(C)c1cc(C(F)(F)F)nc(SCC(=O)O)n1. The van der Waals surface area contributed by atoms with Gasteiger partial charge in [-0.15, -0.1) is 0 Å². The molecule has 0 saturated carbocycles. The van der Waals surface area contributed by atoms with Crippen LogP contribution in [0.25, 0.3) is 0 Å². The number of aliphatic carboxylic acids is 1. The standard InChI is InChI=1S/C10H11F3N2O2S/c1-5(2)6-3-7(10(11,12)13)15-9(14-6)18-4-8(16)17/h3,5H,4H2,1-2H3,(H,16,17). The van der Waals surface area contributed by atoms with Crippen LogP contribution in [-0.2, 0) is 11.0 Å². The number of carbonyl (C=O) groups is 1. The second-order valence-electron chi connectivity index (χ2n) is 3.80. The first-order chi connectivity index (χ1) is 8.20. The van der Waals surface area contributed by atoms with Gasteiger partial charge < -0.3 is 5.11 Å². The van der Waals surface area contributed by atoms with Gasteiger partial charge in [0.15, 0.2) is 5.16 Å². The Labute approximate surface area is 106 Å². The van der Waals surface area contributed by atoms with Gasteiger partial charge in [0.1, 0.15) is 5.69 Å². The third-order valence-corrected chi connectivity index (χ3v) is 2.76. The lowest BCUT2D eigenvalue weighted by atomic mass is 10.1. The van der Waals surface area contributed by atoms with Gasteiger partial charge in [-0.3, -0.25) is 4.79 Å². The van der Waals surface area contributed by atoms with Crippen molar-refractivity contribution in [2.24, 2.45) is 0 Å². The van der Waals surface area contributed by atoms with Crippen LogP contribution in [0.3, 0.4) is 0 Å². The molecular weight excluding hydrogens is 269 g/mol. The van der Waals surface area contributed by atoms with Gasteiger partial charge in [0.2, 0.25) is 0 Å². The maximum absolute atomic E-state index is 12.6. The number of hydrogen-bond donors (Lipinski definition) is 1. The van der Waals surface area contributed by atoms with Crippen LogP contribution < -0.4 is 0 Å². The van der Waals surface area contributed by atoms with Crippen molar-refractivity contribution in [3.63, 3.8) is 0 Å². The molecule has 4 nitrogen and oxygen atoms in total. The van der Waals surface area contributed by atoms with Crippen molar-refractivity contribution in [1.29, 1.82) is 0 Å². The van der Waals surface area contributed by atoms with E-state index in [0.29, 0.717) is 11.8 Å². The molecule has 0 aromatic carbocycles. The third kappa shape index (κ3) is 4.17. The summed E-state index contributed by atoms with van der Waals surface area (Å²) < 4.78 is 37.8. The molecular formula is C10H11F3N2O2S. The summed E-state index contributed by atoms with van der Waals surface area (Å²) in [5, 5.41) is 8.31. The Bertz CT molecular complexity index is 449. The first-order valence-electron chi connectivity index (χ1n) is 5.01. The van der Waals surface area contributed by atoms with Gasteiger partial charge in [0, 0.05) is 5.69 Å². The molecule has 0 amide bonds. The average Bonchev–Trinajstić information content (AvgIpc) is 2.24. The first-order valence-corrected chi connectivity index (χ1v) is 5.99. The molecule has 1 aromatic rings. The van der Waals surface area contributed by atoms with E-state index in [1.165, 1.54) is 0 Å². The largest absolute Gasteiger partial charge is 0.481 e. The summed E-state index contributed by atoms with van der Waals surface area (Å²) >= 11 is 0.669. The Kier molecular flexibility index (Phi) is 4.55. The van der Waals surface area contributed by atoms with Gasteiger partial charge in [-0.05, 0) is 12.0 Å². The number of aromatic nitrogens is 2. The zero-order valence-corrected chi connectivity index (χ0v) is 10.5. The fraction of sp³-hybridized carbons (Fsp3) is 0.500. The average molecular weight is 280 g/mol. The Morgan fingerprint density at radius 1 is 1.44 bits per heavy atom. The summed E-state index contributed by atoms with van der Waals surface area (Å²) in [6, 6.07) is 0.884. The Hall–Kier alpha value is -1.31. The van der Waals surface area contributed by atoms with Crippen molar-refractivity contribution < 1.29 is 23.1 Å². The van der Waals surface area contributed by atoms with Crippen LogP contribution in [0.4, 0.5) is 13.2 Å². The van der Waals surface area contributed by atoms with Crippen LogP contribution in [0.1, 0.15) is 31.2 Å². The minimum Gasteiger partial charge on any atom is -0.481 e. The van der Waals surface area contributed by atoms with E-state index in [-0.39, 0.29) is 22.5 Å². The van der Waals surface area contributed by atoms with E-state index in [1.807, 2.05) is 0 Å². The predicted molar refractivity (Wildman–Crippen MR) is 59.5 cm³/mol. The number of nitrogens with zero attached hydrogens (tertiary/aromatic N) is 2. The number of carboxylic acid groups (broad SMARTS) is 1. The second kappa shape index (κ2) is 5.55. The normalized spacial score (nSPS) is 11.9. The van der Waals surface area contributed by atoms with Crippen molar-refractivity contribution in [2.45, 2.75) is 31.1 Å². The molecule has 100 valence electrons. The lowest BCUT2D eigenvalue weighted by molar-refractivity contribution is -0.141. The zero-order valence-electron chi connectivity index (χ0n) is 9.65. The van der Waals surface area contributed by atoms with Crippen LogP contribution >= 0.6 is 11.8 Å². The maximum atomic E-state index is 12.6. The highest BCUT2D eigenvalue weighted by atomic mass is 32.2. The summed E-state index contributed by atoms with van der Waals surface area (Å²) in [5.41, 5.74) is -0.806. The molecule has 0 saturated heterocycles. The van der Waals surface area contributed by atoms with Gasteiger partial charge in [-0.1, -0.05) is 25.6 Å². The molecule has 0 aliphatic rings. The molecule has 1 aromatic heterocycles. The summed E-state index contributed by atoms with van der Waals surface area (Å²) in [5.74, 6) is -1.70.